The molecule has 2 nitrogen and oxygen atoms in total. The van der Waals surface area contributed by atoms with Gasteiger partial charge in [-0.25, -0.2) is 0 Å². The van der Waals surface area contributed by atoms with E-state index in [9.17, 15) is 0 Å². The lowest BCUT2D eigenvalue weighted by atomic mass is 9.73. The first-order valence-corrected chi connectivity index (χ1v) is 10.6. The maximum atomic E-state index is 6.40. The second kappa shape index (κ2) is 5.13. The minimum atomic E-state index is 0.239. The van der Waals surface area contributed by atoms with E-state index in [1.807, 2.05) is 6.07 Å². The minimum Gasteiger partial charge on any atom is -0.455 e. The third-order valence-electron chi connectivity index (χ3n) is 7.57. The van der Waals surface area contributed by atoms with Gasteiger partial charge in [0.25, 0.3) is 0 Å². The summed E-state index contributed by atoms with van der Waals surface area (Å²) < 4.78 is 8.71. The molecule has 2 heterocycles. The van der Waals surface area contributed by atoms with Gasteiger partial charge in [0.15, 0.2) is 0 Å². The van der Waals surface area contributed by atoms with Crippen LogP contribution in [0.2, 0.25) is 0 Å². The van der Waals surface area contributed by atoms with Crippen LogP contribution < -0.4 is 0 Å². The van der Waals surface area contributed by atoms with Crippen LogP contribution in [0.1, 0.15) is 31.7 Å². The average molecular weight is 377 g/mol. The lowest BCUT2D eigenvalue weighted by molar-refractivity contribution is 0.407. The van der Waals surface area contributed by atoms with Gasteiger partial charge < -0.3 is 8.98 Å². The van der Waals surface area contributed by atoms with Gasteiger partial charge in [0.2, 0.25) is 0 Å². The largest absolute Gasteiger partial charge is 0.455 e. The van der Waals surface area contributed by atoms with E-state index < -0.39 is 0 Å². The standard InChI is InChI=1S/C27H23NO/c1-27(12-11-16-13-17(16)15-27)18-7-9-22-21(14-18)25-23(28(22)2)10-8-20-19-5-3-4-6-24(19)29-26(20)25/h3-11,14,17H,12-13,15H2,1-2H3. The Labute approximate surface area is 169 Å². The smallest absolute Gasteiger partial charge is 0.145 e. The zero-order valence-electron chi connectivity index (χ0n) is 16.8. The normalized spacial score (nSPS) is 23.8. The summed E-state index contributed by atoms with van der Waals surface area (Å²) in [4.78, 5) is 0. The fourth-order valence-corrected chi connectivity index (χ4v) is 5.75. The highest BCUT2D eigenvalue weighted by Crippen LogP contribution is 2.53. The summed E-state index contributed by atoms with van der Waals surface area (Å²) in [5.74, 6) is 0.832. The van der Waals surface area contributed by atoms with Gasteiger partial charge in [0.05, 0.1) is 10.9 Å². The number of aryl methyl sites for hydroxylation is 1. The van der Waals surface area contributed by atoms with Crippen molar-refractivity contribution in [2.24, 2.45) is 13.0 Å². The summed E-state index contributed by atoms with van der Waals surface area (Å²) in [5.41, 5.74) is 7.90. The molecule has 0 N–H and O–H groups in total. The maximum Gasteiger partial charge on any atom is 0.145 e. The molecule has 2 atom stereocenters. The number of para-hydroxylation sites is 1. The molecule has 0 amide bonds. The third kappa shape index (κ3) is 2.02. The van der Waals surface area contributed by atoms with Crippen LogP contribution in [0.15, 0.2) is 70.7 Å². The molecule has 1 saturated carbocycles. The van der Waals surface area contributed by atoms with Crippen LogP contribution in [0.25, 0.3) is 43.7 Å². The van der Waals surface area contributed by atoms with Crippen molar-refractivity contribution < 1.29 is 4.42 Å². The number of benzene rings is 3. The van der Waals surface area contributed by atoms with Gasteiger partial charge in [-0.15, -0.1) is 0 Å². The highest BCUT2D eigenvalue weighted by atomic mass is 16.3. The number of aromatic nitrogens is 1. The molecule has 1 fully saturated rings. The number of fused-ring (bicyclic) bond motifs is 8. The summed E-state index contributed by atoms with van der Waals surface area (Å²) in [6, 6.07) is 20.0. The molecule has 0 saturated heterocycles. The van der Waals surface area contributed by atoms with Crippen molar-refractivity contribution in [3.05, 3.63) is 71.8 Å². The van der Waals surface area contributed by atoms with E-state index in [0.29, 0.717) is 0 Å². The van der Waals surface area contributed by atoms with Crippen molar-refractivity contribution in [1.29, 1.82) is 0 Å². The Kier molecular flexibility index (Phi) is 2.81. The van der Waals surface area contributed by atoms with E-state index in [1.54, 1.807) is 5.57 Å². The Hall–Kier alpha value is -3.00. The quantitative estimate of drug-likeness (QED) is 0.282. The SMILES string of the molecule is Cn1c2ccc(C3(C)CC=C4CC4C3)cc2c2c3oc4ccccc4c3ccc21. The monoisotopic (exact) mass is 377 g/mol. The molecule has 142 valence electrons. The Bertz CT molecular complexity index is 1510. The molecule has 0 radical (unpaired) electrons. The van der Waals surface area contributed by atoms with Gasteiger partial charge in [0, 0.05) is 28.7 Å². The molecule has 5 aromatic rings. The molecule has 0 bridgehead atoms. The molecule has 2 heteroatoms. The highest BCUT2D eigenvalue weighted by molar-refractivity contribution is 6.23. The first-order chi connectivity index (χ1) is 14.1. The van der Waals surface area contributed by atoms with Crippen molar-refractivity contribution in [3.63, 3.8) is 0 Å². The van der Waals surface area contributed by atoms with Gasteiger partial charge in [-0.3, -0.25) is 0 Å². The molecular formula is C27H23NO. The predicted octanol–water partition coefficient (Wildman–Crippen LogP) is 7.23. The summed E-state index contributed by atoms with van der Waals surface area (Å²) in [6.07, 6.45) is 6.27. The van der Waals surface area contributed by atoms with Gasteiger partial charge >= 0.3 is 0 Å². The number of hydrogen-bond acceptors (Lipinski definition) is 1. The molecule has 29 heavy (non-hydrogen) atoms. The Morgan fingerprint density at radius 2 is 1.83 bits per heavy atom. The number of furan rings is 1. The van der Waals surface area contributed by atoms with Crippen molar-refractivity contribution in [3.8, 4) is 0 Å². The molecule has 2 unspecified atom stereocenters. The zero-order valence-corrected chi connectivity index (χ0v) is 16.8. The third-order valence-corrected chi connectivity index (χ3v) is 7.57. The fraction of sp³-hybridized carbons (Fsp3) is 0.259. The van der Waals surface area contributed by atoms with Gasteiger partial charge in [-0.05, 0) is 66.5 Å². The summed E-state index contributed by atoms with van der Waals surface area (Å²) in [6.45, 7) is 2.45. The van der Waals surface area contributed by atoms with Crippen molar-refractivity contribution in [2.45, 2.75) is 31.6 Å². The summed E-state index contributed by atoms with van der Waals surface area (Å²) in [5, 5.41) is 4.97. The van der Waals surface area contributed by atoms with E-state index >= 15 is 0 Å². The van der Waals surface area contributed by atoms with Gasteiger partial charge in [0.1, 0.15) is 11.2 Å². The molecule has 2 aliphatic rings. The number of nitrogens with zero attached hydrogens (tertiary/aromatic N) is 1. The Morgan fingerprint density at radius 3 is 2.72 bits per heavy atom. The van der Waals surface area contributed by atoms with Gasteiger partial charge in [-0.1, -0.05) is 42.8 Å². The second-order valence-electron chi connectivity index (χ2n) is 9.37. The van der Waals surface area contributed by atoms with Crippen molar-refractivity contribution in [1.82, 2.24) is 4.57 Å². The topological polar surface area (TPSA) is 18.1 Å². The second-order valence-corrected chi connectivity index (χ2v) is 9.37. The lowest BCUT2D eigenvalue weighted by Gasteiger charge is -2.31. The molecule has 2 aliphatic carbocycles. The summed E-state index contributed by atoms with van der Waals surface area (Å²) >= 11 is 0. The van der Waals surface area contributed by atoms with Crippen LogP contribution in [0, 0.1) is 5.92 Å². The predicted molar refractivity (Wildman–Crippen MR) is 120 cm³/mol. The Morgan fingerprint density at radius 1 is 0.966 bits per heavy atom. The molecule has 0 aliphatic heterocycles. The lowest BCUT2D eigenvalue weighted by Crippen LogP contribution is -2.23. The molecule has 3 aromatic carbocycles. The van der Waals surface area contributed by atoms with Crippen LogP contribution in [-0.2, 0) is 12.5 Å². The summed E-state index contributed by atoms with van der Waals surface area (Å²) in [7, 11) is 2.17. The first kappa shape index (κ1) is 15.9. The molecule has 0 spiro atoms. The Balaban J connectivity index is 1.56. The first-order valence-electron chi connectivity index (χ1n) is 10.6. The zero-order chi connectivity index (χ0) is 19.3. The van der Waals surface area contributed by atoms with E-state index in [4.69, 9.17) is 4.42 Å². The van der Waals surface area contributed by atoms with Crippen molar-refractivity contribution in [2.75, 3.05) is 0 Å². The average Bonchev–Trinajstić information content (AvgIpc) is 3.31. The number of allylic oxidation sites excluding steroid dienone is 2. The highest BCUT2D eigenvalue weighted by Gasteiger charge is 2.41. The van der Waals surface area contributed by atoms with Crippen LogP contribution in [-0.4, -0.2) is 4.57 Å². The maximum absolute atomic E-state index is 6.40. The van der Waals surface area contributed by atoms with Crippen LogP contribution in [0.3, 0.4) is 0 Å². The molecule has 2 aromatic heterocycles. The van der Waals surface area contributed by atoms with E-state index in [-0.39, 0.29) is 5.41 Å². The van der Waals surface area contributed by atoms with E-state index in [1.165, 1.54) is 51.0 Å². The number of rotatable bonds is 1. The van der Waals surface area contributed by atoms with Gasteiger partial charge in [-0.2, -0.15) is 0 Å². The molecule has 7 rings (SSSR count). The van der Waals surface area contributed by atoms with Crippen LogP contribution in [0.5, 0.6) is 0 Å². The molecular weight excluding hydrogens is 354 g/mol. The number of hydrogen-bond donors (Lipinski definition) is 0. The van der Waals surface area contributed by atoms with Crippen LogP contribution in [0.4, 0.5) is 0 Å². The minimum absolute atomic E-state index is 0.239. The fourth-order valence-electron chi connectivity index (χ4n) is 5.75. The van der Waals surface area contributed by atoms with Crippen molar-refractivity contribution >= 4 is 43.7 Å². The van der Waals surface area contributed by atoms with E-state index in [2.05, 4.69) is 73.1 Å². The van der Waals surface area contributed by atoms with Crippen LogP contribution >= 0.6 is 0 Å². The van der Waals surface area contributed by atoms with E-state index in [0.717, 1.165) is 23.5 Å².